The maximum absolute atomic E-state index is 13.3. The third-order valence-corrected chi connectivity index (χ3v) is 6.56. The number of ketones is 1. The summed E-state index contributed by atoms with van der Waals surface area (Å²) in [7, 11) is 0. The Morgan fingerprint density at radius 2 is 1.97 bits per heavy atom. The van der Waals surface area contributed by atoms with Crippen LogP contribution in [0, 0.1) is 0 Å². The van der Waals surface area contributed by atoms with E-state index >= 15 is 0 Å². The predicted molar refractivity (Wildman–Crippen MR) is 112 cm³/mol. The summed E-state index contributed by atoms with van der Waals surface area (Å²) in [5.41, 5.74) is 10.4. The van der Waals surface area contributed by atoms with Crippen molar-refractivity contribution in [3.63, 3.8) is 0 Å². The van der Waals surface area contributed by atoms with Crippen molar-refractivity contribution in [3.8, 4) is 11.4 Å². The van der Waals surface area contributed by atoms with Gasteiger partial charge < -0.3 is 15.4 Å². The van der Waals surface area contributed by atoms with Crippen LogP contribution in [0.25, 0.3) is 22.3 Å². The van der Waals surface area contributed by atoms with Crippen molar-refractivity contribution in [2.24, 2.45) is 0 Å². The molecule has 2 aromatic heterocycles. The average Bonchev–Trinajstić information content (AvgIpc) is 3.08. The molecular weight excluding hydrogens is 366 g/mol. The number of Topliss-reactive ketones (excluding diaryl/α,β-unsaturated/α-hetero) is 1. The second-order valence-corrected chi connectivity index (χ2v) is 8.00. The number of anilines is 1. The fourth-order valence-corrected chi connectivity index (χ4v) is 4.97. The van der Waals surface area contributed by atoms with Gasteiger partial charge in [0.1, 0.15) is 5.60 Å². The van der Waals surface area contributed by atoms with Crippen molar-refractivity contribution in [2.45, 2.75) is 51.7 Å². The molecule has 3 N–H and O–H groups in total. The lowest BCUT2D eigenvalue weighted by Gasteiger charge is -2.32. The molecule has 1 aliphatic heterocycles. The number of carbonyl (C=O) groups excluding carboxylic acids is 1. The maximum Gasteiger partial charge on any atom is 0.254 e. The van der Waals surface area contributed by atoms with Crippen LogP contribution in [0.5, 0.6) is 0 Å². The van der Waals surface area contributed by atoms with Gasteiger partial charge in [-0.15, -0.1) is 0 Å². The van der Waals surface area contributed by atoms with Gasteiger partial charge in [-0.3, -0.25) is 9.59 Å². The molecule has 29 heavy (non-hydrogen) atoms. The number of carbonyl (C=O) groups is 1. The van der Waals surface area contributed by atoms with Crippen LogP contribution >= 0.6 is 0 Å². The van der Waals surface area contributed by atoms with E-state index in [9.17, 15) is 14.7 Å². The van der Waals surface area contributed by atoms with Crippen LogP contribution in [0.15, 0.2) is 29.1 Å². The van der Waals surface area contributed by atoms with Crippen molar-refractivity contribution in [1.29, 1.82) is 0 Å². The van der Waals surface area contributed by atoms with Crippen LogP contribution < -0.4 is 11.3 Å². The van der Waals surface area contributed by atoms with Gasteiger partial charge in [0.25, 0.3) is 5.56 Å². The average molecular weight is 389 g/mol. The molecule has 6 nitrogen and oxygen atoms in total. The van der Waals surface area contributed by atoms with Crippen LogP contribution in [0.4, 0.5) is 5.69 Å². The monoisotopic (exact) mass is 389 g/mol. The van der Waals surface area contributed by atoms with Gasteiger partial charge in [0.2, 0.25) is 0 Å². The molecule has 5 rings (SSSR count). The highest BCUT2D eigenvalue weighted by molar-refractivity contribution is 5.92. The lowest BCUT2D eigenvalue weighted by Crippen LogP contribution is -2.43. The van der Waals surface area contributed by atoms with Gasteiger partial charge in [-0.25, -0.2) is 4.98 Å². The number of hydrogen-bond donors (Lipinski definition) is 2. The molecule has 3 heterocycles. The van der Waals surface area contributed by atoms with E-state index < -0.39 is 5.60 Å². The van der Waals surface area contributed by atoms with Crippen LogP contribution in [-0.2, 0) is 29.8 Å². The van der Waals surface area contributed by atoms with Gasteiger partial charge in [0.15, 0.2) is 5.78 Å². The van der Waals surface area contributed by atoms with E-state index in [1.807, 2.05) is 24.3 Å². The van der Waals surface area contributed by atoms with Crippen molar-refractivity contribution in [2.75, 3.05) is 5.73 Å². The Hall–Kier alpha value is -2.99. The minimum absolute atomic E-state index is 0.125. The summed E-state index contributed by atoms with van der Waals surface area (Å²) >= 11 is 0. The van der Waals surface area contributed by atoms with Gasteiger partial charge in [0, 0.05) is 34.2 Å². The van der Waals surface area contributed by atoms with Crippen molar-refractivity contribution >= 4 is 22.4 Å². The lowest BCUT2D eigenvalue weighted by molar-refractivity contribution is -0.140. The van der Waals surface area contributed by atoms with Gasteiger partial charge in [-0.2, -0.15) is 0 Å². The number of aromatic nitrogens is 2. The molecule has 1 aromatic carbocycles. The number of pyridine rings is 2. The van der Waals surface area contributed by atoms with Crippen molar-refractivity contribution in [3.05, 3.63) is 56.9 Å². The van der Waals surface area contributed by atoms with E-state index in [1.54, 1.807) is 11.5 Å². The minimum Gasteiger partial charge on any atom is -0.399 e. The van der Waals surface area contributed by atoms with Gasteiger partial charge >= 0.3 is 0 Å². The number of aryl methyl sites for hydroxylation is 1. The summed E-state index contributed by atoms with van der Waals surface area (Å²) in [6, 6.07) is 7.48. The number of benzene rings is 1. The number of nitrogens with zero attached hydrogens (tertiary/aromatic N) is 2. The second kappa shape index (κ2) is 6.00. The zero-order valence-corrected chi connectivity index (χ0v) is 16.6. The zero-order chi connectivity index (χ0) is 20.5. The summed E-state index contributed by atoms with van der Waals surface area (Å²) in [6.07, 6.45) is 1.61. The molecule has 0 saturated carbocycles. The fraction of sp³-hybridized carbons (Fsp3) is 0.348. The molecular formula is C23H23N3O3. The first kappa shape index (κ1) is 18.1. The first-order valence-corrected chi connectivity index (χ1v) is 10.1. The summed E-state index contributed by atoms with van der Waals surface area (Å²) in [5, 5.41) is 12.1. The third-order valence-electron chi connectivity index (χ3n) is 6.56. The summed E-state index contributed by atoms with van der Waals surface area (Å²) in [5.74, 6) is -0.216. The standard InChI is InChI=1S/C23H23N3O3/c1-3-13-15-9-12(24)5-7-18(15)25-21-16(13)11-26-19(21)10-17-14(22(26)28)6-8-20(27)23(17,29)4-2/h5,7,9-10,29H,3-4,6,8,11,24H2,1-2H3/t23-/m0/s1. The summed E-state index contributed by atoms with van der Waals surface area (Å²) in [6.45, 7) is 4.32. The number of rotatable bonds is 2. The van der Waals surface area contributed by atoms with Gasteiger partial charge in [-0.05, 0) is 49.1 Å². The molecule has 0 amide bonds. The van der Waals surface area contributed by atoms with Crippen molar-refractivity contribution in [1.82, 2.24) is 9.55 Å². The number of hydrogen-bond acceptors (Lipinski definition) is 5. The molecule has 6 heteroatoms. The van der Waals surface area contributed by atoms with E-state index in [0.717, 1.165) is 34.1 Å². The van der Waals surface area contributed by atoms with E-state index in [0.29, 0.717) is 35.5 Å². The molecule has 0 unspecified atom stereocenters. The first-order valence-electron chi connectivity index (χ1n) is 10.1. The summed E-state index contributed by atoms with van der Waals surface area (Å²) in [4.78, 5) is 30.7. The minimum atomic E-state index is -1.59. The Morgan fingerprint density at radius 3 is 2.69 bits per heavy atom. The number of nitrogen functional groups attached to an aromatic ring is 1. The zero-order valence-electron chi connectivity index (χ0n) is 16.6. The highest BCUT2D eigenvalue weighted by atomic mass is 16.3. The van der Waals surface area contributed by atoms with Gasteiger partial charge in [-0.1, -0.05) is 13.8 Å². The van der Waals surface area contributed by atoms with Crippen molar-refractivity contribution < 1.29 is 9.90 Å². The van der Waals surface area contributed by atoms with E-state index in [-0.39, 0.29) is 24.2 Å². The highest BCUT2D eigenvalue weighted by Gasteiger charge is 2.43. The fourth-order valence-electron chi connectivity index (χ4n) is 4.97. The maximum atomic E-state index is 13.3. The number of fused-ring (bicyclic) bond motifs is 5. The third kappa shape index (κ3) is 2.29. The molecule has 0 radical (unpaired) electrons. The van der Waals surface area contributed by atoms with Crippen LogP contribution in [-0.4, -0.2) is 20.4 Å². The lowest BCUT2D eigenvalue weighted by atomic mass is 9.77. The highest BCUT2D eigenvalue weighted by Crippen LogP contribution is 2.40. The molecule has 0 spiro atoms. The molecule has 2 aliphatic rings. The number of aliphatic hydroxyl groups is 1. The Labute approximate surface area is 168 Å². The second-order valence-electron chi connectivity index (χ2n) is 8.00. The SMILES string of the molecule is CCc1c2c(nc3ccc(N)cc13)-c1cc3c(c(=O)n1C2)CCC(=O)[C@]3(O)CC. The van der Waals surface area contributed by atoms with Crippen LogP contribution in [0.3, 0.4) is 0 Å². The molecule has 1 atom stereocenters. The molecule has 1 aliphatic carbocycles. The van der Waals surface area contributed by atoms with E-state index in [1.165, 1.54) is 0 Å². The Morgan fingerprint density at radius 1 is 1.17 bits per heavy atom. The van der Waals surface area contributed by atoms with Crippen LogP contribution in [0.2, 0.25) is 0 Å². The predicted octanol–water partition coefficient (Wildman–Crippen LogP) is 2.68. The first-order chi connectivity index (χ1) is 13.9. The Bertz CT molecular complexity index is 1270. The molecule has 148 valence electrons. The normalized spacial score (nSPS) is 19.9. The van der Waals surface area contributed by atoms with Crippen LogP contribution in [0.1, 0.15) is 48.9 Å². The number of nitrogens with two attached hydrogens (primary N) is 1. The topological polar surface area (TPSA) is 98.2 Å². The summed E-state index contributed by atoms with van der Waals surface area (Å²) < 4.78 is 1.74. The largest absolute Gasteiger partial charge is 0.399 e. The molecule has 0 fully saturated rings. The van der Waals surface area contributed by atoms with E-state index in [2.05, 4.69) is 6.92 Å². The smallest absolute Gasteiger partial charge is 0.254 e. The molecule has 3 aromatic rings. The van der Waals surface area contributed by atoms with E-state index in [4.69, 9.17) is 10.7 Å². The molecule has 0 saturated heterocycles. The molecule has 0 bridgehead atoms. The van der Waals surface area contributed by atoms with Gasteiger partial charge in [0.05, 0.1) is 23.4 Å². The quantitative estimate of drug-likeness (QED) is 0.514. The Kier molecular flexibility index (Phi) is 3.74. The Balaban J connectivity index is 1.84.